The number of aryl methyl sites for hydroxylation is 1. The van der Waals surface area contributed by atoms with Crippen LogP contribution in [0.2, 0.25) is 0 Å². The summed E-state index contributed by atoms with van der Waals surface area (Å²) in [6, 6.07) is 3.15. The van der Waals surface area contributed by atoms with E-state index in [2.05, 4.69) is 4.72 Å². The Morgan fingerprint density at radius 3 is 2.25 bits per heavy atom. The monoisotopic (exact) mass is 301 g/mol. The van der Waals surface area contributed by atoms with Gasteiger partial charge in [-0.2, -0.15) is 0 Å². The van der Waals surface area contributed by atoms with Gasteiger partial charge in [-0.05, 0) is 30.9 Å². The van der Waals surface area contributed by atoms with Crippen molar-refractivity contribution in [3.8, 4) is 11.5 Å². The maximum atomic E-state index is 12.3. The fraction of sp³-hybridized carbons (Fsp3) is 0.571. The van der Waals surface area contributed by atoms with Gasteiger partial charge in [0.15, 0.2) is 0 Å². The fourth-order valence-corrected chi connectivity index (χ4v) is 3.00. The molecule has 0 aliphatic carbocycles. The zero-order valence-electron chi connectivity index (χ0n) is 12.7. The number of ether oxygens (including phenoxy) is 2. The van der Waals surface area contributed by atoms with Crippen molar-refractivity contribution in [1.29, 1.82) is 0 Å². The van der Waals surface area contributed by atoms with Crippen LogP contribution in [0.4, 0.5) is 0 Å². The molecule has 114 valence electrons. The third kappa shape index (κ3) is 4.11. The molecule has 1 aromatic rings. The van der Waals surface area contributed by atoms with Crippen LogP contribution in [0.25, 0.3) is 0 Å². The first-order valence-electron chi connectivity index (χ1n) is 6.54. The summed E-state index contributed by atoms with van der Waals surface area (Å²) in [4.78, 5) is 0.103. The quantitative estimate of drug-likeness (QED) is 0.839. The smallest absolute Gasteiger partial charge is 0.244 e. The van der Waals surface area contributed by atoms with E-state index in [1.54, 1.807) is 6.07 Å². The van der Waals surface area contributed by atoms with E-state index in [1.807, 2.05) is 20.8 Å². The number of nitrogens with one attached hydrogen (secondary N) is 1. The normalized spacial score (nSPS) is 11.7. The number of hydrogen-bond donors (Lipinski definition) is 1. The van der Waals surface area contributed by atoms with Gasteiger partial charge in [0.2, 0.25) is 10.0 Å². The van der Waals surface area contributed by atoms with Crippen LogP contribution in [-0.4, -0.2) is 29.2 Å². The maximum Gasteiger partial charge on any atom is 0.244 e. The highest BCUT2D eigenvalue weighted by Gasteiger charge is 2.21. The van der Waals surface area contributed by atoms with Crippen molar-refractivity contribution in [1.82, 2.24) is 4.72 Å². The van der Waals surface area contributed by atoms with Crippen molar-refractivity contribution in [3.63, 3.8) is 0 Å². The van der Waals surface area contributed by atoms with Crippen LogP contribution in [0.1, 0.15) is 25.8 Å². The molecular formula is C14H23NO4S. The molecule has 0 saturated heterocycles. The van der Waals surface area contributed by atoms with Crippen LogP contribution in [0, 0.1) is 12.8 Å². The molecule has 5 nitrogen and oxygen atoms in total. The molecule has 0 aliphatic rings. The Morgan fingerprint density at radius 1 is 1.15 bits per heavy atom. The van der Waals surface area contributed by atoms with Crippen LogP contribution in [0.15, 0.2) is 17.0 Å². The molecule has 0 heterocycles. The Labute approximate surface area is 121 Å². The number of benzene rings is 1. The number of hydrogen-bond acceptors (Lipinski definition) is 4. The molecule has 0 amide bonds. The molecule has 0 saturated carbocycles. The van der Waals surface area contributed by atoms with Gasteiger partial charge in [-0.1, -0.05) is 13.8 Å². The molecule has 6 heteroatoms. The van der Waals surface area contributed by atoms with Gasteiger partial charge in [0.25, 0.3) is 0 Å². The standard InChI is InChI=1S/C14H23NO4S/c1-10(2)6-7-15-20(16,17)14-9-12(18-4)11(3)8-13(14)19-5/h8-10,15H,6-7H2,1-5H3. The summed E-state index contributed by atoms with van der Waals surface area (Å²) < 4.78 is 37.6. The summed E-state index contributed by atoms with van der Waals surface area (Å²) in [7, 11) is -0.639. The summed E-state index contributed by atoms with van der Waals surface area (Å²) in [6.07, 6.45) is 0.782. The van der Waals surface area contributed by atoms with Crippen molar-refractivity contribution in [3.05, 3.63) is 17.7 Å². The molecular weight excluding hydrogens is 278 g/mol. The zero-order chi connectivity index (χ0) is 15.3. The molecule has 0 bridgehead atoms. The molecule has 0 aromatic heterocycles. The second-order valence-corrected chi connectivity index (χ2v) is 6.79. The van der Waals surface area contributed by atoms with Gasteiger partial charge in [-0.15, -0.1) is 0 Å². The Kier molecular flexibility index (Phi) is 5.83. The minimum Gasteiger partial charge on any atom is -0.496 e. The first kappa shape index (κ1) is 16.8. The molecule has 0 unspecified atom stereocenters. The molecule has 0 fully saturated rings. The number of rotatable bonds is 7. The van der Waals surface area contributed by atoms with Crippen molar-refractivity contribution in [2.75, 3.05) is 20.8 Å². The molecule has 0 spiro atoms. The highest BCUT2D eigenvalue weighted by atomic mass is 32.2. The van der Waals surface area contributed by atoms with Gasteiger partial charge in [0.05, 0.1) is 14.2 Å². The lowest BCUT2D eigenvalue weighted by atomic mass is 10.1. The molecule has 1 rings (SSSR count). The first-order valence-corrected chi connectivity index (χ1v) is 8.02. The summed E-state index contributed by atoms with van der Waals surface area (Å²) >= 11 is 0. The summed E-state index contributed by atoms with van der Waals surface area (Å²) in [5.41, 5.74) is 0.825. The van der Waals surface area contributed by atoms with Crippen LogP contribution in [0.5, 0.6) is 11.5 Å². The second kappa shape index (κ2) is 6.95. The van der Waals surface area contributed by atoms with E-state index in [1.165, 1.54) is 20.3 Å². The lowest BCUT2D eigenvalue weighted by Crippen LogP contribution is -2.26. The second-order valence-electron chi connectivity index (χ2n) is 5.05. The minimum atomic E-state index is -3.60. The van der Waals surface area contributed by atoms with Gasteiger partial charge >= 0.3 is 0 Å². The summed E-state index contributed by atoms with van der Waals surface area (Å²) in [6.45, 7) is 6.33. The topological polar surface area (TPSA) is 64.6 Å². The minimum absolute atomic E-state index is 0.103. The van der Waals surface area contributed by atoms with Crippen molar-refractivity contribution >= 4 is 10.0 Å². The van der Waals surface area contributed by atoms with E-state index in [0.29, 0.717) is 24.0 Å². The van der Waals surface area contributed by atoms with Gasteiger partial charge in [-0.3, -0.25) is 0 Å². The van der Waals surface area contributed by atoms with E-state index >= 15 is 0 Å². The van der Waals surface area contributed by atoms with Crippen LogP contribution < -0.4 is 14.2 Å². The van der Waals surface area contributed by atoms with Crippen molar-refractivity contribution < 1.29 is 17.9 Å². The summed E-state index contributed by atoms with van der Waals surface area (Å²) in [5.74, 6) is 1.28. The Morgan fingerprint density at radius 2 is 1.75 bits per heavy atom. The van der Waals surface area contributed by atoms with Gasteiger partial charge < -0.3 is 9.47 Å². The van der Waals surface area contributed by atoms with Gasteiger partial charge in [-0.25, -0.2) is 13.1 Å². The van der Waals surface area contributed by atoms with Crippen molar-refractivity contribution in [2.24, 2.45) is 5.92 Å². The molecule has 1 aromatic carbocycles. The number of methoxy groups -OCH3 is 2. The fourth-order valence-electron chi connectivity index (χ4n) is 1.79. The predicted molar refractivity (Wildman–Crippen MR) is 78.9 cm³/mol. The van der Waals surface area contributed by atoms with E-state index in [9.17, 15) is 8.42 Å². The lowest BCUT2D eigenvalue weighted by molar-refractivity contribution is 0.389. The maximum absolute atomic E-state index is 12.3. The van der Waals surface area contributed by atoms with Gasteiger partial charge in [0.1, 0.15) is 16.4 Å². The SMILES string of the molecule is COc1cc(S(=O)(=O)NCCC(C)C)c(OC)cc1C. The Hall–Kier alpha value is -1.27. The van der Waals surface area contributed by atoms with E-state index in [4.69, 9.17) is 9.47 Å². The third-order valence-corrected chi connectivity index (χ3v) is 4.47. The molecule has 0 atom stereocenters. The molecule has 0 radical (unpaired) electrons. The van der Waals surface area contributed by atoms with E-state index < -0.39 is 10.0 Å². The number of sulfonamides is 1. The van der Waals surface area contributed by atoms with Crippen LogP contribution >= 0.6 is 0 Å². The lowest BCUT2D eigenvalue weighted by Gasteiger charge is -2.14. The first-order chi connectivity index (χ1) is 9.31. The average molecular weight is 301 g/mol. The van der Waals surface area contributed by atoms with Gasteiger partial charge in [0, 0.05) is 12.6 Å². The third-order valence-electron chi connectivity index (χ3n) is 2.98. The Bertz CT molecular complexity index is 553. The highest BCUT2D eigenvalue weighted by molar-refractivity contribution is 7.89. The van der Waals surface area contributed by atoms with Crippen LogP contribution in [0.3, 0.4) is 0 Å². The van der Waals surface area contributed by atoms with E-state index in [0.717, 1.165) is 12.0 Å². The highest BCUT2D eigenvalue weighted by Crippen LogP contribution is 2.31. The average Bonchev–Trinajstić information content (AvgIpc) is 2.37. The molecule has 0 aliphatic heterocycles. The van der Waals surface area contributed by atoms with Crippen molar-refractivity contribution in [2.45, 2.75) is 32.1 Å². The van der Waals surface area contributed by atoms with Crippen LogP contribution in [-0.2, 0) is 10.0 Å². The summed E-state index contributed by atoms with van der Waals surface area (Å²) in [5, 5.41) is 0. The predicted octanol–water partition coefficient (Wildman–Crippen LogP) is 2.34. The zero-order valence-corrected chi connectivity index (χ0v) is 13.5. The van der Waals surface area contributed by atoms with E-state index in [-0.39, 0.29) is 4.90 Å². The molecule has 1 N–H and O–H groups in total. The largest absolute Gasteiger partial charge is 0.496 e. The Balaban J connectivity index is 3.09. The molecule has 20 heavy (non-hydrogen) atoms.